The van der Waals surface area contributed by atoms with Crippen molar-refractivity contribution in [1.29, 1.82) is 0 Å². The molecule has 0 atom stereocenters. The average molecular weight is 363 g/mol. The van der Waals surface area contributed by atoms with Crippen molar-refractivity contribution in [3.63, 3.8) is 0 Å². The quantitative estimate of drug-likeness (QED) is 0.697. The van der Waals surface area contributed by atoms with Crippen molar-refractivity contribution in [2.45, 2.75) is 34.2 Å². The normalized spacial score (nSPS) is 11.0. The third-order valence-electron chi connectivity index (χ3n) is 4.92. The predicted molar refractivity (Wildman–Crippen MR) is 109 cm³/mol. The van der Waals surface area contributed by atoms with E-state index in [0.29, 0.717) is 18.5 Å². The lowest BCUT2D eigenvalue weighted by molar-refractivity contribution is -0.131. The fourth-order valence-electron chi connectivity index (χ4n) is 3.34. The zero-order chi connectivity index (χ0) is 19.6. The lowest BCUT2D eigenvalue weighted by Gasteiger charge is -2.19. The van der Waals surface area contributed by atoms with Gasteiger partial charge in [-0.05, 0) is 45.4 Å². The number of aryl methyl sites for hydroxylation is 2. The van der Waals surface area contributed by atoms with Crippen LogP contribution in [0.5, 0.6) is 0 Å². The molecule has 0 fully saturated rings. The van der Waals surface area contributed by atoms with Crippen LogP contribution in [0, 0.1) is 13.8 Å². The summed E-state index contributed by atoms with van der Waals surface area (Å²) in [5, 5.41) is 6.01. The minimum atomic E-state index is -0.236. The molecule has 0 saturated heterocycles. The molecule has 0 bridgehead atoms. The van der Waals surface area contributed by atoms with Gasteiger partial charge < -0.3 is 4.90 Å². The molecule has 0 aliphatic carbocycles. The van der Waals surface area contributed by atoms with Gasteiger partial charge in [0.15, 0.2) is 0 Å². The minimum absolute atomic E-state index is 0.0524. The van der Waals surface area contributed by atoms with Crippen molar-refractivity contribution in [2.75, 3.05) is 13.1 Å². The number of amides is 1. The largest absolute Gasteiger partial charge is 0.342 e. The van der Waals surface area contributed by atoms with Gasteiger partial charge in [0.2, 0.25) is 5.91 Å². The molecule has 1 amide bonds. The Hall–Kier alpha value is -2.95. The van der Waals surface area contributed by atoms with Crippen LogP contribution >= 0.6 is 0 Å². The Morgan fingerprint density at radius 2 is 1.70 bits per heavy atom. The standard InChI is InChI=1S/C22H25N3O2/c1-5-24(6-2)20(26)14-25-22(27)18-10-8-7-9-17(18)21(23-25)19-13-15(3)11-12-16(19)4/h7-13H,5-6,14H2,1-4H3. The van der Waals surface area contributed by atoms with Crippen molar-refractivity contribution in [2.24, 2.45) is 0 Å². The van der Waals surface area contributed by atoms with Gasteiger partial charge in [0.25, 0.3) is 5.56 Å². The molecule has 5 heteroatoms. The number of benzene rings is 2. The zero-order valence-electron chi connectivity index (χ0n) is 16.3. The number of hydrogen-bond donors (Lipinski definition) is 0. The van der Waals surface area contributed by atoms with E-state index in [2.05, 4.69) is 23.3 Å². The number of carbonyl (C=O) groups excluding carboxylic acids is 1. The van der Waals surface area contributed by atoms with E-state index in [4.69, 9.17) is 0 Å². The molecule has 1 heterocycles. The van der Waals surface area contributed by atoms with E-state index >= 15 is 0 Å². The molecule has 140 valence electrons. The van der Waals surface area contributed by atoms with Crippen LogP contribution in [-0.4, -0.2) is 33.7 Å². The van der Waals surface area contributed by atoms with Crippen LogP contribution in [0.2, 0.25) is 0 Å². The maximum absolute atomic E-state index is 12.9. The van der Waals surface area contributed by atoms with Crippen LogP contribution in [0.1, 0.15) is 25.0 Å². The maximum Gasteiger partial charge on any atom is 0.275 e. The highest BCUT2D eigenvalue weighted by Gasteiger charge is 2.17. The first-order chi connectivity index (χ1) is 13.0. The third-order valence-corrected chi connectivity index (χ3v) is 4.92. The lowest BCUT2D eigenvalue weighted by Crippen LogP contribution is -2.37. The smallest absolute Gasteiger partial charge is 0.275 e. The van der Waals surface area contributed by atoms with Crippen LogP contribution in [0.4, 0.5) is 0 Å². The second-order valence-electron chi connectivity index (χ2n) is 6.74. The van der Waals surface area contributed by atoms with E-state index in [-0.39, 0.29) is 18.0 Å². The maximum atomic E-state index is 12.9. The highest BCUT2D eigenvalue weighted by atomic mass is 16.2. The topological polar surface area (TPSA) is 55.2 Å². The lowest BCUT2D eigenvalue weighted by atomic mass is 9.99. The first kappa shape index (κ1) is 18.8. The molecular weight excluding hydrogens is 338 g/mol. The van der Waals surface area contributed by atoms with Gasteiger partial charge in [-0.3, -0.25) is 9.59 Å². The second-order valence-corrected chi connectivity index (χ2v) is 6.74. The summed E-state index contributed by atoms with van der Waals surface area (Å²) in [7, 11) is 0. The van der Waals surface area contributed by atoms with E-state index < -0.39 is 0 Å². The summed E-state index contributed by atoms with van der Waals surface area (Å²) in [6.45, 7) is 9.10. The van der Waals surface area contributed by atoms with E-state index in [1.54, 1.807) is 11.0 Å². The molecule has 1 aromatic heterocycles. The van der Waals surface area contributed by atoms with E-state index in [1.807, 2.05) is 45.9 Å². The number of rotatable bonds is 5. The summed E-state index contributed by atoms with van der Waals surface area (Å²) in [6.07, 6.45) is 0. The van der Waals surface area contributed by atoms with Gasteiger partial charge in [-0.2, -0.15) is 5.10 Å². The van der Waals surface area contributed by atoms with E-state index in [0.717, 1.165) is 27.8 Å². The SMILES string of the molecule is CCN(CC)C(=O)Cn1nc(-c2cc(C)ccc2C)c2ccccc2c1=O. The second kappa shape index (κ2) is 7.74. The Balaban J connectivity index is 2.22. The molecule has 27 heavy (non-hydrogen) atoms. The van der Waals surface area contributed by atoms with Gasteiger partial charge >= 0.3 is 0 Å². The Bertz CT molecular complexity index is 1050. The van der Waals surface area contributed by atoms with Gasteiger partial charge in [0, 0.05) is 24.0 Å². The summed E-state index contributed by atoms with van der Waals surface area (Å²) in [4.78, 5) is 27.2. The zero-order valence-corrected chi connectivity index (χ0v) is 16.3. The van der Waals surface area contributed by atoms with Gasteiger partial charge in [-0.15, -0.1) is 0 Å². The minimum Gasteiger partial charge on any atom is -0.342 e. The fraction of sp³-hybridized carbons (Fsp3) is 0.318. The van der Waals surface area contributed by atoms with Crippen LogP contribution in [-0.2, 0) is 11.3 Å². The van der Waals surface area contributed by atoms with Gasteiger partial charge in [0.05, 0.1) is 11.1 Å². The molecule has 0 unspecified atom stereocenters. The van der Waals surface area contributed by atoms with E-state index in [9.17, 15) is 9.59 Å². The highest BCUT2D eigenvalue weighted by Crippen LogP contribution is 2.28. The summed E-state index contributed by atoms with van der Waals surface area (Å²) in [6, 6.07) is 13.6. The van der Waals surface area contributed by atoms with E-state index in [1.165, 1.54) is 4.68 Å². The molecular formula is C22H25N3O2. The summed E-state index contributed by atoms with van der Waals surface area (Å²) < 4.78 is 1.31. The van der Waals surface area contributed by atoms with Crippen LogP contribution in [0.3, 0.4) is 0 Å². The molecule has 0 aliphatic rings. The van der Waals surface area contributed by atoms with Crippen molar-refractivity contribution in [3.8, 4) is 11.3 Å². The Morgan fingerprint density at radius 1 is 1.04 bits per heavy atom. The molecule has 0 N–H and O–H groups in total. The third kappa shape index (κ3) is 3.63. The first-order valence-corrected chi connectivity index (χ1v) is 9.31. The number of carbonyl (C=O) groups is 1. The molecule has 5 nitrogen and oxygen atoms in total. The number of aromatic nitrogens is 2. The monoisotopic (exact) mass is 363 g/mol. The first-order valence-electron chi connectivity index (χ1n) is 9.31. The van der Waals surface area contributed by atoms with Crippen LogP contribution in [0.15, 0.2) is 47.3 Å². The predicted octanol–water partition coefficient (Wildman–Crippen LogP) is 3.55. The molecule has 2 aromatic carbocycles. The summed E-state index contributed by atoms with van der Waals surface area (Å²) in [5.41, 5.74) is 3.69. The number of nitrogens with zero attached hydrogens (tertiary/aromatic N) is 3. The highest BCUT2D eigenvalue weighted by molar-refractivity contribution is 5.94. The van der Waals surface area contributed by atoms with Crippen molar-refractivity contribution < 1.29 is 4.79 Å². The Morgan fingerprint density at radius 3 is 2.37 bits per heavy atom. The average Bonchev–Trinajstić information content (AvgIpc) is 2.67. The van der Waals surface area contributed by atoms with Gasteiger partial charge in [-0.25, -0.2) is 4.68 Å². The molecule has 0 aliphatic heterocycles. The van der Waals surface area contributed by atoms with Gasteiger partial charge in [-0.1, -0.05) is 35.9 Å². The molecule has 0 radical (unpaired) electrons. The molecule has 3 aromatic rings. The number of hydrogen-bond acceptors (Lipinski definition) is 3. The van der Waals surface area contributed by atoms with Crippen LogP contribution in [0.25, 0.3) is 22.0 Å². The number of likely N-dealkylation sites (N-methyl/N-ethyl adjacent to an activating group) is 1. The summed E-state index contributed by atoms with van der Waals surface area (Å²) >= 11 is 0. The Kier molecular flexibility index (Phi) is 5.40. The number of fused-ring (bicyclic) bond motifs is 1. The Labute approximate surface area is 159 Å². The molecule has 3 rings (SSSR count). The summed E-state index contributed by atoms with van der Waals surface area (Å²) in [5.74, 6) is -0.100. The van der Waals surface area contributed by atoms with Crippen molar-refractivity contribution >= 4 is 16.7 Å². The van der Waals surface area contributed by atoms with Gasteiger partial charge in [0.1, 0.15) is 6.54 Å². The fourth-order valence-corrected chi connectivity index (χ4v) is 3.34. The molecule has 0 saturated carbocycles. The van der Waals surface area contributed by atoms with Crippen molar-refractivity contribution in [1.82, 2.24) is 14.7 Å². The molecule has 0 spiro atoms. The van der Waals surface area contributed by atoms with Crippen LogP contribution < -0.4 is 5.56 Å². The van der Waals surface area contributed by atoms with Crippen molar-refractivity contribution in [3.05, 3.63) is 63.9 Å².